The van der Waals surface area contributed by atoms with E-state index in [2.05, 4.69) is 18.2 Å². The van der Waals surface area contributed by atoms with Gasteiger partial charge in [-0.3, -0.25) is 23.4 Å². The highest BCUT2D eigenvalue weighted by molar-refractivity contribution is 7.97. The minimum atomic E-state index is -0.209. The van der Waals surface area contributed by atoms with Crippen molar-refractivity contribution < 1.29 is 4.79 Å². The number of carbonyl (C=O) groups is 1. The van der Waals surface area contributed by atoms with Gasteiger partial charge in [0.1, 0.15) is 0 Å². The van der Waals surface area contributed by atoms with Gasteiger partial charge in [-0.25, -0.2) is 4.79 Å². The van der Waals surface area contributed by atoms with Crippen LogP contribution >= 0.6 is 11.9 Å². The van der Waals surface area contributed by atoms with Gasteiger partial charge in [-0.1, -0.05) is 6.58 Å². The Morgan fingerprint density at radius 3 is 2.61 bits per heavy atom. The third kappa shape index (κ3) is 3.49. The molecule has 6 rings (SSSR count). The van der Waals surface area contributed by atoms with Gasteiger partial charge < -0.3 is 4.90 Å². The van der Waals surface area contributed by atoms with Gasteiger partial charge in [0.05, 0.1) is 10.9 Å². The zero-order valence-corrected chi connectivity index (χ0v) is 19.8. The first-order valence-corrected chi connectivity index (χ1v) is 12.8. The van der Waals surface area contributed by atoms with E-state index in [0.29, 0.717) is 30.7 Å². The molecule has 1 aromatic carbocycles. The molecule has 1 amide bonds. The van der Waals surface area contributed by atoms with Crippen LogP contribution in [0.5, 0.6) is 0 Å². The number of hydrogen-bond donors (Lipinski definition) is 1. The van der Waals surface area contributed by atoms with Crippen LogP contribution in [0.4, 0.5) is 0 Å². The molecule has 8 heteroatoms. The Kier molecular flexibility index (Phi) is 4.72. The monoisotopic (exact) mass is 466 g/mol. The second-order valence-electron chi connectivity index (χ2n) is 10.7. The zero-order chi connectivity index (χ0) is 23.0. The van der Waals surface area contributed by atoms with E-state index in [9.17, 15) is 14.4 Å². The Labute approximate surface area is 197 Å². The highest BCUT2D eigenvalue weighted by Gasteiger charge is 2.56. The summed E-state index contributed by atoms with van der Waals surface area (Å²) in [5.74, 6) is 0.456. The fourth-order valence-electron chi connectivity index (χ4n) is 5.38. The SMILES string of the molecule is C=CC(=O)N1CCC12CC(n1c(=O)c3cc(SNC4(C)CC4)ccc3n(CC3CC3)c1=O)C2. The Hall–Kier alpha value is -2.32. The molecule has 33 heavy (non-hydrogen) atoms. The van der Waals surface area contributed by atoms with Crippen LogP contribution in [0, 0.1) is 5.92 Å². The van der Waals surface area contributed by atoms with Gasteiger partial charge in [-0.15, -0.1) is 0 Å². The predicted octanol–water partition coefficient (Wildman–Crippen LogP) is 3.21. The number of carbonyl (C=O) groups excluding carboxylic acids is 1. The van der Waals surface area contributed by atoms with Crippen LogP contribution in [0.15, 0.2) is 45.3 Å². The van der Waals surface area contributed by atoms with Crippen molar-refractivity contribution in [2.24, 2.45) is 5.92 Å². The number of nitrogens with one attached hydrogen (secondary N) is 1. The van der Waals surface area contributed by atoms with Crippen LogP contribution < -0.4 is 16.0 Å². The molecular weight excluding hydrogens is 436 g/mol. The number of fused-ring (bicyclic) bond motifs is 1. The smallest absolute Gasteiger partial charge is 0.331 e. The molecule has 1 spiro atoms. The van der Waals surface area contributed by atoms with E-state index >= 15 is 0 Å². The van der Waals surface area contributed by atoms with E-state index in [-0.39, 0.29) is 34.3 Å². The number of benzene rings is 1. The van der Waals surface area contributed by atoms with Crippen LogP contribution in [-0.2, 0) is 11.3 Å². The summed E-state index contributed by atoms with van der Waals surface area (Å²) >= 11 is 1.56. The van der Waals surface area contributed by atoms with Crippen molar-refractivity contribution in [3.05, 3.63) is 51.7 Å². The maximum absolute atomic E-state index is 13.6. The Bertz CT molecular complexity index is 1280. The molecule has 0 radical (unpaired) electrons. The summed E-state index contributed by atoms with van der Waals surface area (Å²) in [6.07, 6.45) is 8.19. The minimum absolute atomic E-state index is 0.0600. The van der Waals surface area contributed by atoms with Gasteiger partial charge in [-0.2, -0.15) is 0 Å². The van der Waals surface area contributed by atoms with E-state index in [1.54, 1.807) is 11.9 Å². The fraction of sp³-hybridized carbons (Fsp3) is 0.560. The van der Waals surface area contributed by atoms with Gasteiger partial charge in [0.2, 0.25) is 5.91 Å². The van der Waals surface area contributed by atoms with Crippen molar-refractivity contribution in [1.29, 1.82) is 0 Å². The highest BCUT2D eigenvalue weighted by Crippen LogP contribution is 2.52. The van der Waals surface area contributed by atoms with Gasteiger partial charge >= 0.3 is 5.69 Å². The zero-order valence-electron chi connectivity index (χ0n) is 19.0. The highest BCUT2D eigenvalue weighted by atomic mass is 32.2. The molecule has 3 saturated carbocycles. The van der Waals surface area contributed by atoms with Gasteiger partial charge in [-0.05, 0) is 94.0 Å². The molecular formula is C25H30N4O3S. The van der Waals surface area contributed by atoms with E-state index in [0.717, 1.165) is 49.1 Å². The first-order valence-electron chi connectivity index (χ1n) is 12.0. The second-order valence-corrected chi connectivity index (χ2v) is 11.6. The maximum Gasteiger partial charge on any atom is 0.331 e. The fourth-order valence-corrected chi connectivity index (χ4v) is 6.26. The molecule has 4 aliphatic rings. The normalized spacial score (nSPS) is 27.3. The van der Waals surface area contributed by atoms with E-state index in [1.807, 2.05) is 27.7 Å². The summed E-state index contributed by atoms with van der Waals surface area (Å²) in [7, 11) is 0. The molecule has 0 unspecified atom stereocenters. The Morgan fingerprint density at radius 2 is 2.00 bits per heavy atom. The van der Waals surface area contributed by atoms with E-state index in [1.165, 1.54) is 10.6 Å². The quantitative estimate of drug-likeness (QED) is 0.501. The standard InChI is InChI=1S/C25H30N4O3S/c1-3-21(30)28-11-10-25(28)13-17(14-25)29-22(31)19-12-18(33-26-24(2)8-9-24)6-7-20(19)27(23(29)32)15-16-4-5-16/h3,6-7,12,16-17,26H,1,4-5,8-11,13-15H2,2H3. The molecule has 7 nitrogen and oxygen atoms in total. The summed E-state index contributed by atoms with van der Waals surface area (Å²) in [4.78, 5) is 42.2. The number of hydrogen-bond acceptors (Lipinski definition) is 5. The molecule has 174 valence electrons. The van der Waals surface area contributed by atoms with Crippen molar-refractivity contribution in [3.63, 3.8) is 0 Å². The molecule has 0 bridgehead atoms. The van der Waals surface area contributed by atoms with Crippen LogP contribution in [0.1, 0.15) is 57.9 Å². The molecule has 2 aromatic rings. The molecule has 2 heterocycles. The lowest BCUT2D eigenvalue weighted by Gasteiger charge is -2.61. The summed E-state index contributed by atoms with van der Waals surface area (Å²) in [5, 5.41) is 0.608. The number of aromatic nitrogens is 2. The maximum atomic E-state index is 13.6. The van der Waals surface area contributed by atoms with Crippen LogP contribution in [0.2, 0.25) is 0 Å². The summed E-state index contributed by atoms with van der Waals surface area (Å²) in [6, 6.07) is 5.71. The minimum Gasteiger partial charge on any atom is -0.333 e. The summed E-state index contributed by atoms with van der Waals surface area (Å²) in [6.45, 7) is 7.20. The largest absolute Gasteiger partial charge is 0.333 e. The van der Waals surface area contributed by atoms with Crippen LogP contribution in [0.25, 0.3) is 10.9 Å². The molecule has 1 N–H and O–H groups in total. The van der Waals surface area contributed by atoms with Crippen LogP contribution in [0.3, 0.4) is 0 Å². The lowest BCUT2D eigenvalue weighted by Crippen LogP contribution is -2.69. The number of likely N-dealkylation sites (tertiary alicyclic amines) is 1. The van der Waals surface area contributed by atoms with Gasteiger partial charge in [0.25, 0.3) is 5.56 Å². The molecule has 3 aliphatic carbocycles. The molecule has 4 fully saturated rings. The van der Waals surface area contributed by atoms with Crippen molar-refractivity contribution in [3.8, 4) is 0 Å². The molecule has 1 saturated heterocycles. The van der Waals surface area contributed by atoms with Crippen LogP contribution in [-0.4, -0.2) is 37.6 Å². The first kappa shape index (κ1) is 21.2. The van der Waals surface area contributed by atoms with E-state index < -0.39 is 0 Å². The Balaban J connectivity index is 1.37. The number of amides is 1. The van der Waals surface area contributed by atoms with Crippen molar-refractivity contribution in [2.45, 2.75) is 80.4 Å². The lowest BCUT2D eigenvalue weighted by molar-refractivity contribution is -0.155. The average molecular weight is 467 g/mol. The topological polar surface area (TPSA) is 76.3 Å². The van der Waals surface area contributed by atoms with E-state index in [4.69, 9.17) is 0 Å². The lowest BCUT2D eigenvalue weighted by atomic mass is 9.64. The average Bonchev–Trinajstić information content (AvgIpc) is 3.68. The molecule has 0 atom stereocenters. The Morgan fingerprint density at radius 1 is 1.24 bits per heavy atom. The summed E-state index contributed by atoms with van der Waals surface area (Å²) < 4.78 is 6.80. The predicted molar refractivity (Wildman–Crippen MR) is 129 cm³/mol. The second kappa shape index (κ2) is 7.34. The third-order valence-electron chi connectivity index (χ3n) is 8.11. The van der Waals surface area contributed by atoms with Gasteiger partial charge in [0, 0.05) is 35.1 Å². The van der Waals surface area contributed by atoms with Crippen molar-refractivity contribution in [2.75, 3.05) is 6.54 Å². The molecule has 1 aromatic heterocycles. The third-order valence-corrected chi connectivity index (χ3v) is 9.19. The summed E-state index contributed by atoms with van der Waals surface area (Å²) in [5.41, 5.74) is 0.297. The first-order chi connectivity index (χ1) is 15.8. The number of nitrogens with zero attached hydrogens (tertiary/aromatic N) is 3. The van der Waals surface area contributed by atoms with Crippen molar-refractivity contribution in [1.82, 2.24) is 18.8 Å². The van der Waals surface area contributed by atoms with Gasteiger partial charge in [0.15, 0.2) is 0 Å². The number of rotatable bonds is 7. The van der Waals surface area contributed by atoms with Crippen molar-refractivity contribution >= 4 is 28.8 Å². The molecule has 1 aliphatic heterocycles.